The fourth-order valence-electron chi connectivity index (χ4n) is 2.33. The second-order valence-electron chi connectivity index (χ2n) is 4.97. The molecule has 0 bridgehead atoms. The molecule has 4 nitrogen and oxygen atoms in total. The van der Waals surface area contributed by atoms with E-state index in [0.29, 0.717) is 12.8 Å². The van der Waals surface area contributed by atoms with E-state index in [1.165, 1.54) is 11.3 Å². The minimum absolute atomic E-state index is 0.127. The van der Waals surface area contributed by atoms with Crippen LogP contribution < -0.4 is 0 Å². The molecule has 2 heterocycles. The first-order valence-electron chi connectivity index (χ1n) is 6.54. The van der Waals surface area contributed by atoms with Crippen LogP contribution in [0.2, 0.25) is 0 Å². The number of hydrogen-bond acceptors (Lipinski definition) is 6. The second kappa shape index (κ2) is 5.63. The zero-order valence-electron chi connectivity index (χ0n) is 10.9. The van der Waals surface area contributed by atoms with Gasteiger partial charge in [0.15, 0.2) is 5.60 Å². The maximum absolute atomic E-state index is 11.9. The lowest BCUT2D eigenvalue weighted by Crippen LogP contribution is -2.36. The molecule has 1 aliphatic carbocycles. The quantitative estimate of drug-likeness (QED) is 0.881. The largest absolute Gasteiger partial charge is 0.457 e. The lowest BCUT2D eigenvalue weighted by atomic mass is 10.0. The molecule has 0 aliphatic heterocycles. The van der Waals surface area contributed by atoms with E-state index < -0.39 is 11.6 Å². The standard InChI is InChI=1S/C14H15NO3S2/c16-13(14(17)4-1-2-5-14)18-7-11-9-20-12(15-11)10-3-6-19-8-10/h3,6,8-9,17H,1-2,4-5,7H2. The second-order valence-corrected chi connectivity index (χ2v) is 6.61. The van der Waals surface area contributed by atoms with Gasteiger partial charge < -0.3 is 9.84 Å². The molecule has 2 aromatic heterocycles. The number of ether oxygens (including phenoxy) is 1. The van der Waals surface area contributed by atoms with Crippen LogP contribution in [0.25, 0.3) is 10.6 Å². The van der Waals surface area contributed by atoms with Gasteiger partial charge in [-0.25, -0.2) is 9.78 Å². The van der Waals surface area contributed by atoms with Gasteiger partial charge in [-0.2, -0.15) is 11.3 Å². The Kier molecular flexibility index (Phi) is 3.87. The van der Waals surface area contributed by atoms with Crippen LogP contribution in [0.5, 0.6) is 0 Å². The third-order valence-electron chi connectivity index (χ3n) is 3.48. The highest BCUT2D eigenvalue weighted by Crippen LogP contribution is 2.31. The average Bonchev–Trinajstić information content (AvgIpc) is 3.17. The van der Waals surface area contributed by atoms with Crippen LogP contribution in [-0.2, 0) is 16.1 Å². The van der Waals surface area contributed by atoms with Crippen LogP contribution in [0.15, 0.2) is 22.2 Å². The van der Waals surface area contributed by atoms with Gasteiger partial charge in [0.05, 0.1) is 5.69 Å². The van der Waals surface area contributed by atoms with E-state index in [-0.39, 0.29) is 6.61 Å². The number of carbonyl (C=O) groups excluding carboxylic acids is 1. The normalized spacial score (nSPS) is 17.2. The Hall–Kier alpha value is -1.24. The summed E-state index contributed by atoms with van der Waals surface area (Å²) in [4.78, 5) is 16.3. The van der Waals surface area contributed by atoms with Crippen LogP contribution in [0, 0.1) is 0 Å². The highest BCUT2D eigenvalue weighted by Gasteiger charge is 2.40. The number of thiophene rings is 1. The van der Waals surface area contributed by atoms with Crippen LogP contribution in [0.4, 0.5) is 0 Å². The summed E-state index contributed by atoms with van der Waals surface area (Å²) in [7, 11) is 0. The van der Waals surface area contributed by atoms with E-state index >= 15 is 0 Å². The maximum atomic E-state index is 11.9. The number of aliphatic hydroxyl groups is 1. The van der Waals surface area contributed by atoms with Gasteiger partial charge in [0.1, 0.15) is 11.6 Å². The van der Waals surface area contributed by atoms with E-state index in [1.807, 2.05) is 22.2 Å². The Morgan fingerprint density at radius 2 is 2.20 bits per heavy atom. The van der Waals surface area contributed by atoms with Crippen molar-refractivity contribution in [2.75, 3.05) is 0 Å². The Balaban J connectivity index is 1.60. The number of thiazole rings is 1. The van der Waals surface area contributed by atoms with Gasteiger partial charge in [-0.1, -0.05) is 0 Å². The van der Waals surface area contributed by atoms with Crippen molar-refractivity contribution in [2.24, 2.45) is 0 Å². The molecule has 0 spiro atoms. The molecule has 0 atom stereocenters. The van der Waals surface area contributed by atoms with Crippen LogP contribution in [0.3, 0.4) is 0 Å². The van der Waals surface area contributed by atoms with Gasteiger partial charge in [0.25, 0.3) is 0 Å². The molecule has 20 heavy (non-hydrogen) atoms. The first-order chi connectivity index (χ1) is 9.67. The summed E-state index contributed by atoms with van der Waals surface area (Å²) in [5.41, 5.74) is 0.546. The van der Waals surface area contributed by atoms with Crippen molar-refractivity contribution in [3.63, 3.8) is 0 Å². The Morgan fingerprint density at radius 3 is 2.90 bits per heavy atom. The van der Waals surface area contributed by atoms with Gasteiger partial charge in [-0.3, -0.25) is 0 Å². The SMILES string of the molecule is O=C(OCc1csc(-c2ccsc2)n1)C1(O)CCCC1. The molecule has 0 aromatic carbocycles. The Morgan fingerprint density at radius 1 is 1.40 bits per heavy atom. The molecule has 0 amide bonds. The van der Waals surface area contributed by atoms with Crippen molar-refractivity contribution < 1.29 is 14.6 Å². The number of esters is 1. The topological polar surface area (TPSA) is 59.4 Å². The number of hydrogen-bond donors (Lipinski definition) is 1. The fourth-order valence-corrected chi connectivity index (χ4v) is 3.85. The number of nitrogens with zero attached hydrogens (tertiary/aromatic N) is 1. The third-order valence-corrected chi connectivity index (χ3v) is 5.11. The monoisotopic (exact) mass is 309 g/mol. The highest BCUT2D eigenvalue weighted by atomic mass is 32.1. The van der Waals surface area contributed by atoms with Gasteiger partial charge in [-0.15, -0.1) is 11.3 Å². The third kappa shape index (κ3) is 2.77. The summed E-state index contributed by atoms with van der Waals surface area (Å²) in [5.74, 6) is -0.514. The summed E-state index contributed by atoms with van der Waals surface area (Å²) >= 11 is 3.16. The first-order valence-corrected chi connectivity index (χ1v) is 8.36. The summed E-state index contributed by atoms with van der Waals surface area (Å²) in [5, 5.41) is 17.0. The molecule has 1 fully saturated rings. The lowest BCUT2D eigenvalue weighted by molar-refractivity contribution is -0.166. The molecule has 0 saturated heterocycles. The summed E-state index contributed by atoms with van der Waals surface area (Å²) in [6.07, 6.45) is 2.77. The zero-order valence-corrected chi connectivity index (χ0v) is 12.5. The maximum Gasteiger partial charge on any atom is 0.338 e. The summed E-state index contributed by atoms with van der Waals surface area (Å²) in [6.45, 7) is 0.127. The van der Waals surface area contributed by atoms with Gasteiger partial charge in [-0.05, 0) is 37.1 Å². The zero-order chi connectivity index (χ0) is 14.0. The Labute approximate surface area is 125 Å². The predicted octanol–water partition coefficient (Wildman–Crippen LogP) is 3.22. The van der Waals surface area contributed by atoms with Gasteiger partial charge >= 0.3 is 5.97 Å². The molecule has 0 unspecified atom stereocenters. The molecule has 0 radical (unpaired) electrons. The van der Waals surface area contributed by atoms with Crippen LogP contribution >= 0.6 is 22.7 Å². The van der Waals surface area contributed by atoms with Crippen molar-refractivity contribution in [3.8, 4) is 10.6 Å². The van der Waals surface area contributed by atoms with Crippen molar-refractivity contribution in [3.05, 3.63) is 27.9 Å². The van der Waals surface area contributed by atoms with Crippen molar-refractivity contribution >= 4 is 28.6 Å². The molecule has 6 heteroatoms. The molecule has 1 N–H and O–H groups in total. The molecular formula is C14H15NO3S2. The molecular weight excluding hydrogens is 294 g/mol. The fraction of sp³-hybridized carbons (Fsp3) is 0.429. The molecule has 2 aromatic rings. The number of aromatic nitrogens is 1. The van der Waals surface area contributed by atoms with E-state index in [4.69, 9.17) is 4.74 Å². The minimum atomic E-state index is -1.27. The number of rotatable bonds is 4. The van der Waals surface area contributed by atoms with E-state index in [0.717, 1.165) is 29.1 Å². The van der Waals surface area contributed by atoms with Crippen LogP contribution in [-0.4, -0.2) is 21.7 Å². The van der Waals surface area contributed by atoms with E-state index in [9.17, 15) is 9.90 Å². The van der Waals surface area contributed by atoms with E-state index in [1.54, 1.807) is 11.3 Å². The average molecular weight is 309 g/mol. The minimum Gasteiger partial charge on any atom is -0.457 e. The predicted molar refractivity (Wildman–Crippen MR) is 78.6 cm³/mol. The molecule has 106 valence electrons. The number of carbonyl (C=O) groups is 1. The summed E-state index contributed by atoms with van der Waals surface area (Å²) in [6, 6.07) is 2.01. The van der Waals surface area contributed by atoms with E-state index in [2.05, 4.69) is 4.98 Å². The first kappa shape index (κ1) is 13.7. The van der Waals surface area contributed by atoms with Crippen molar-refractivity contribution in [1.82, 2.24) is 4.98 Å². The van der Waals surface area contributed by atoms with Crippen molar-refractivity contribution in [2.45, 2.75) is 37.9 Å². The highest BCUT2D eigenvalue weighted by molar-refractivity contribution is 7.14. The van der Waals surface area contributed by atoms with Gasteiger partial charge in [0, 0.05) is 16.3 Å². The summed E-state index contributed by atoms with van der Waals surface area (Å²) < 4.78 is 5.20. The molecule has 1 saturated carbocycles. The van der Waals surface area contributed by atoms with Gasteiger partial charge in [0.2, 0.25) is 0 Å². The lowest BCUT2D eigenvalue weighted by Gasteiger charge is -2.19. The Bertz CT molecular complexity index is 585. The molecule has 3 rings (SSSR count). The smallest absolute Gasteiger partial charge is 0.338 e. The van der Waals surface area contributed by atoms with Crippen molar-refractivity contribution in [1.29, 1.82) is 0 Å². The van der Waals surface area contributed by atoms with Crippen LogP contribution in [0.1, 0.15) is 31.4 Å². The molecule has 1 aliphatic rings.